The smallest absolute Gasteiger partial charge is 0.240 e. The molecule has 2 aromatic carbocycles. The van der Waals surface area contributed by atoms with E-state index in [0.717, 1.165) is 22.4 Å². The van der Waals surface area contributed by atoms with Gasteiger partial charge >= 0.3 is 0 Å². The van der Waals surface area contributed by atoms with Gasteiger partial charge in [-0.1, -0.05) is 18.2 Å². The maximum atomic E-state index is 13.3. The highest BCUT2D eigenvalue weighted by Gasteiger charge is 2.15. The second kappa shape index (κ2) is 7.43. The minimum atomic E-state index is -3.60. The van der Waals surface area contributed by atoms with E-state index in [1.165, 1.54) is 12.1 Å². The molecular formula is C20H21FN2O2S. The SMILES string of the molecule is Cc1ccc(S(=O)(=O)NCc2cccn2Cc2cccc(F)c2)cc1C. The highest BCUT2D eigenvalue weighted by molar-refractivity contribution is 7.89. The lowest BCUT2D eigenvalue weighted by Crippen LogP contribution is -2.24. The van der Waals surface area contributed by atoms with Crippen molar-refractivity contribution in [2.45, 2.75) is 31.8 Å². The first kappa shape index (κ1) is 18.4. The number of aryl methyl sites for hydroxylation is 2. The van der Waals surface area contributed by atoms with Gasteiger partial charge in [0.15, 0.2) is 0 Å². The maximum Gasteiger partial charge on any atom is 0.240 e. The molecule has 0 aliphatic carbocycles. The van der Waals surface area contributed by atoms with Gasteiger partial charge in [0, 0.05) is 18.4 Å². The summed E-state index contributed by atoms with van der Waals surface area (Å²) in [5.74, 6) is -0.286. The van der Waals surface area contributed by atoms with Crippen LogP contribution < -0.4 is 4.72 Å². The number of benzene rings is 2. The molecule has 136 valence electrons. The molecule has 3 rings (SSSR count). The molecule has 0 unspecified atom stereocenters. The predicted octanol–water partition coefficient (Wildman–Crippen LogP) is 3.77. The summed E-state index contributed by atoms with van der Waals surface area (Å²) < 4.78 is 43.0. The first-order chi connectivity index (χ1) is 12.3. The third-order valence-corrected chi connectivity index (χ3v) is 5.80. The summed E-state index contributed by atoms with van der Waals surface area (Å²) in [5, 5.41) is 0. The summed E-state index contributed by atoms with van der Waals surface area (Å²) in [4.78, 5) is 0.254. The Hall–Kier alpha value is -2.44. The van der Waals surface area contributed by atoms with E-state index < -0.39 is 10.0 Å². The van der Waals surface area contributed by atoms with Crippen molar-refractivity contribution in [2.75, 3.05) is 0 Å². The van der Waals surface area contributed by atoms with E-state index in [2.05, 4.69) is 4.72 Å². The van der Waals surface area contributed by atoms with Gasteiger partial charge in [-0.15, -0.1) is 0 Å². The Morgan fingerprint density at radius 1 is 1.00 bits per heavy atom. The van der Waals surface area contributed by atoms with Gasteiger partial charge in [-0.25, -0.2) is 17.5 Å². The minimum absolute atomic E-state index is 0.164. The number of rotatable bonds is 6. The summed E-state index contributed by atoms with van der Waals surface area (Å²) in [6.07, 6.45) is 1.85. The molecule has 0 saturated carbocycles. The number of halogens is 1. The summed E-state index contributed by atoms with van der Waals surface area (Å²) in [7, 11) is -3.60. The number of nitrogens with one attached hydrogen (secondary N) is 1. The molecule has 0 fully saturated rings. The molecule has 1 heterocycles. The lowest BCUT2D eigenvalue weighted by Gasteiger charge is -2.12. The van der Waals surface area contributed by atoms with Crippen molar-refractivity contribution in [3.63, 3.8) is 0 Å². The van der Waals surface area contributed by atoms with Crippen LogP contribution in [0.25, 0.3) is 0 Å². The molecule has 26 heavy (non-hydrogen) atoms. The Morgan fingerprint density at radius 3 is 2.54 bits per heavy atom. The van der Waals surface area contributed by atoms with Crippen molar-refractivity contribution in [3.8, 4) is 0 Å². The highest BCUT2D eigenvalue weighted by Crippen LogP contribution is 2.16. The van der Waals surface area contributed by atoms with Crippen molar-refractivity contribution < 1.29 is 12.8 Å². The Labute approximate surface area is 153 Å². The number of nitrogens with zero attached hydrogens (tertiary/aromatic N) is 1. The van der Waals surface area contributed by atoms with Crippen molar-refractivity contribution >= 4 is 10.0 Å². The lowest BCUT2D eigenvalue weighted by molar-refractivity contribution is 0.578. The molecule has 0 aliphatic heterocycles. The number of hydrogen-bond donors (Lipinski definition) is 1. The van der Waals surface area contributed by atoms with Gasteiger partial charge in [0.2, 0.25) is 10.0 Å². The average molecular weight is 372 g/mol. The Balaban J connectivity index is 1.74. The van der Waals surface area contributed by atoms with Crippen LogP contribution in [-0.4, -0.2) is 13.0 Å². The first-order valence-corrected chi connectivity index (χ1v) is 9.79. The normalized spacial score (nSPS) is 11.7. The first-order valence-electron chi connectivity index (χ1n) is 8.30. The van der Waals surface area contributed by atoms with Gasteiger partial charge in [0.25, 0.3) is 0 Å². The molecule has 0 radical (unpaired) electrons. The molecule has 0 spiro atoms. The zero-order chi connectivity index (χ0) is 18.7. The van der Waals surface area contributed by atoms with Gasteiger partial charge in [0.1, 0.15) is 5.82 Å². The number of aromatic nitrogens is 1. The van der Waals surface area contributed by atoms with Crippen LogP contribution in [0.4, 0.5) is 4.39 Å². The van der Waals surface area contributed by atoms with Crippen LogP contribution in [-0.2, 0) is 23.1 Å². The molecule has 3 aromatic rings. The second-order valence-electron chi connectivity index (χ2n) is 6.33. The van der Waals surface area contributed by atoms with Crippen LogP contribution in [0, 0.1) is 19.7 Å². The van der Waals surface area contributed by atoms with Crippen molar-refractivity contribution in [1.82, 2.24) is 9.29 Å². The zero-order valence-electron chi connectivity index (χ0n) is 14.7. The fourth-order valence-corrected chi connectivity index (χ4v) is 3.81. The van der Waals surface area contributed by atoms with Crippen LogP contribution in [0.5, 0.6) is 0 Å². The standard InChI is InChI=1S/C20H21FN2O2S/c1-15-8-9-20(11-16(15)2)26(24,25)22-13-19-7-4-10-23(19)14-17-5-3-6-18(21)12-17/h3-12,22H,13-14H2,1-2H3. The van der Waals surface area contributed by atoms with Crippen LogP contribution in [0.3, 0.4) is 0 Å². The lowest BCUT2D eigenvalue weighted by atomic mass is 10.1. The van der Waals surface area contributed by atoms with Crippen LogP contribution >= 0.6 is 0 Å². The van der Waals surface area contributed by atoms with Gasteiger partial charge in [-0.3, -0.25) is 0 Å². The van der Waals surface area contributed by atoms with Gasteiger partial charge in [-0.05, 0) is 66.9 Å². The van der Waals surface area contributed by atoms with Crippen molar-refractivity contribution in [1.29, 1.82) is 0 Å². The summed E-state index contributed by atoms with van der Waals surface area (Å²) >= 11 is 0. The van der Waals surface area contributed by atoms with Crippen LogP contribution in [0.1, 0.15) is 22.4 Å². The summed E-state index contributed by atoms with van der Waals surface area (Å²) in [6.45, 7) is 4.47. The Bertz CT molecular complexity index is 1030. The van der Waals surface area contributed by atoms with Crippen molar-refractivity contribution in [2.24, 2.45) is 0 Å². The molecule has 0 saturated heterocycles. The Morgan fingerprint density at radius 2 is 1.81 bits per heavy atom. The fourth-order valence-electron chi connectivity index (χ4n) is 2.73. The quantitative estimate of drug-likeness (QED) is 0.716. The Kier molecular flexibility index (Phi) is 5.25. The molecule has 0 amide bonds. The maximum absolute atomic E-state index is 13.3. The van der Waals surface area contributed by atoms with E-state index >= 15 is 0 Å². The van der Waals surface area contributed by atoms with E-state index in [0.29, 0.717) is 6.54 Å². The number of sulfonamides is 1. The molecule has 0 aliphatic rings. The van der Waals surface area contributed by atoms with Gasteiger partial charge in [-0.2, -0.15) is 0 Å². The molecule has 1 N–H and O–H groups in total. The monoisotopic (exact) mass is 372 g/mol. The van der Waals surface area contributed by atoms with Gasteiger partial charge < -0.3 is 4.57 Å². The van der Waals surface area contributed by atoms with Crippen LogP contribution in [0.15, 0.2) is 65.7 Å². The van der Waals surface area contributed by atoms with E-state index in [-0.39, 0.29) is 17.3 Å². The topological polar surface area (TPSA) is 51.1 Å². The minimum Gasteiger partial charge on any atom is -0.346 e. The number of hydrogen-bond acceptors (Lipinski definition) is 2. The van der Waals surface area contributed by atoms with E-state index in [1.807, 2.05) is 42.8 Å². The third-order valence-electron chi connectivity index (χ3n) is 4.40. The largest absolute Gasteiger partial charge is 0.346 e. The molecule has 6 heteroatoms. The molecular weight excluding hydrogens is 351 g/mol. The second-order valence-corrected chi connectivity index (χ2v) is 8.09. The molecule has 1 aromatic heterocycles. The average Bonchev–Trinajstić information content (AvgIpc) is 3.02. The third kappa shape index (κ3) is 4.20. The molecule has 0 bridgehead atoms. The van der Waals surface area contributed by atoms with Gasteiger partial charge in [0.05, 0.1) is 11.4 Å². The predicted molar refractivity (Wildman–Crippen MR) is 99.9 cm³/mol. The zero-order valence-corrected chi connectivity index (χ0v) is 15.6. The van der Waals surface area contributed by atoms with E-state index in [4.69, 9.17) is 0 Å². The molecule has 0 atom stereocenters. The highest BCUT2D eigenvalue weighted by atomic mass is 32.2. The van der Waals surface area contributed by atoms with Crippen LogP contribution in [0.2, 0.25) is 0 Å². The van der Waals surface area contributed by atoms with Crippen molar-refractivity contribution in [3.05, 3.63) is 89.0 Å². The van der Waals surface area contributed by atoms with E-state index in [1.54, 1.807) is 24.3 Å². The summed E-state index contributed by atoms with van der Waals surface area (Å²) in [5.41, 5.74) is 3.61. The molecule has 4 nitrogen and oxygen atoms in total. The summed E-state index contributed by atoms with van der Waals surface area (Å²) in [6, 6.07) is 15.2. The fraction of sp³-hybridized carbons (Fsp3) is 0.200. The van der Waals surface area contributed by atoms with E-state index in [9.17, 15) is 12.8 Å².